The Morgan fingerprint density at radius 1 is 1.18 bits per heavy atom. The van der Waals surface area contributed by atoms with Crippen LogP contribution in [0.1, 0.15) is 38.4 Å². The van der Waals surface area contributed by atoms with Crippen molar-refractivity contribution in [1.82, 2.24) is 20.0 Å². The molecule has 0 atom stereocenters. The van der Waals surface area contributed by atoms with Crippen LogP contribution in [0, 0.1) is 25.2 Å². The van der Waals surface area contributed by atoms with Gasteiger partial charge in [-0.2, -0.15) is 10.4 Å². The number of anilines is 1. The van der Waals surface area contributed by atoms with Gasteiger partial charge in [-0.15, -0.1) is 10.2 Å². The quantitative estimate of drug-likeness (QED) is 0.270. The van der Waals surface area contributed by atoms with Gasteiger partial charge in [0.05, 0.1) is 29.4 Å². The van der Waals surface area contributed by atoms with Crippen molar-refractivity contribution in [2.75, 3.05) is 5.32 Å². The number of nitrogens with zero attached hydrogens (tertiary/aromatic N) is 5. The number of hydrogen-bond donors (Lipinski definition) is 1. The van der Waals surface area contributed by atoms with Crippen LogP contribution in [0.4, 0.5) is 5.13 Å². The molecule has 1 N–H and O–H groups in total. The van der Waals surface area contributed by atoms with Gasteiger partial charge in [-0.3, -0.25) is 14.8 Å². The summed E-state index contributed by atoms with van der Waals surface area (Å²) in [5.41, 5.74) is 4.55. The van der Waals surface area contributed by atoms with Crippen LogP contribution in [0.2, 0.25) is 5.02 Å². The molecular formula is C23H19ClN6OS2. The van der Waals surface area contributed by atoms with Crippen LogP contribution in [0.3, 0.4) is 0 Å². The Morgan fingerprint density at radius 3 is 2.67 bits per heavy atom. The van der Waals surface area contributed by atoms with E-state index in [4.69, 9.17) is 16.9 Å². The van der Waals surface area contributed by atoms with Crippen molar-refractivity contribution >= 4 is 45.7 Å². The molecule has 7 nitrogen and oxygen atoms in total. The summed E-state index contributed by atoms with van der Waals surface area (Å²) in [5, 5.41) is 25.6. The fourth-order valence-corrected chi connectivity index (χ4v) is 5.16. The predicted molar refractivity (Wildman–Crippen MR) is 131 cm³/mol. The van der Waals surface area contributed by atoms with Gasteiger partial charge in [-0.25, -0.2) is 0 Å². The third-order valence-corrected chi connectivity index (χ3v) is 7.37. The molecule has 2 aromatic carbocycles. The molecule has 0 saturated carbocycles. The van der Waals surface area contributed by atoms with E-state index in [2.05, 4.69) is 26.7 Å². The molecule has 0 aliphatic heterocycles. The highest BCUT2D eigenvalue weighted by Crippen LogP contribution is 2.29. The Labute approximate surface area is 204 Å². The number of aromatic nitrogens is 4. The fraction of sp³-hybridized carbons (Fsp3) is 0.174. The lowest BCUT2D eigenvalue weighted by Crippen LogP contribution is -2.14. The van der Waals surface area contributed by atoms with Gasteiger partial charge in [0.25, 0.3) is 5.91 Å². The zero-order chi connectivity index (χ0) is 23.4. The van der Waals surface area contributed by atoms with Crippen LogP contribution in [0.25, 0.3) is 0 Å². The van der Waals surface area contributed by atoms with Crippen LogP contribution in [0.15, 0.2) is 52.9 Å². The van der Waals surface area contributed by atoms with Crippen molar-refractivity contribution in [3.63, 3.8) is 0 Å². The molecule has 166 valence electrons. The number of benzene rings is 2. The molecule has 0 saturated heterocycles. The Kier molecular flexibility index (Phi) is 7.08. The highest BCUT2D eigenvalue weighted by molar-refractivity contribution is 8.00. The Hall–Kier alpha value is -3.19. The maximum atomic E-state index is 13.0. The number of aryl methyl sites for hydroxylation is 1. The maximum Gasteiger partial charge on any atom is 0.261 e. The van der Waals surface area contributed by atoms with Gasteiger partial charge in [0.15, 0.2) is 4.34 Å². The molecule has 2 heterocycles. The van der Waals surface area contributed by atoms with Crippen molar-refractivity contribution in [3.05, 3.63) is 87.2 Å². The van der Waals surface area contributed by atoms with Crippen LogP contribution in [-0.4, -0.2) is 25.9 Å². The lowest BCUT2D eigenvalue weighted by Gasteiger charge is -2.07. The van der Waals surface area contributed by atoms with Gasteiger partial charge in [-0.1, -0.05) is 65.0 Å². The molecule has 0 aliphatic carbocycles. The monoisotopic (exact) mass is 494 g/mol. The number of halogens is 1. The summed E-state index contributed by atoms with van der Waals surface area (Å²) >= 11 is 9.12. The molecular weight excluding hydrogens is 476 g/mol. The normalized spacial score (nSPS) is 10.7. The van der Waals surface area contributed by atoms with Gasteiger partial charge in [0.1, 0.15) is 0 Å². The molecule has 33 heavy (non-hydrogen) atoms. The van der Waals surface area contributed by atoms with E-state index in [1.54, 1.807) is 16.8 Å². The minimum absolute atomic E-state index is 0.268. The first-order valence-corrected chi connectivity index (χ1v) is 12.2. The van der Waals surface area contributed by atoms with E-state index < -0.39 is 0 Å². The van der Waals surface area contributed by atoms with Crippen molar-refractivity contribution in [1.29, 1.82) is 5.26 Å². The Balaban J connectivity index is 1.41. The highest BCUT2D eigenvalue weighted by atomic mass is 35.5. The molecule has 0 fully saturated rings. The lowest BCUT2D eigenvalue weighted by molar-refractivity contribution is 0.102. The summed E-state index contributed by atoms with van der Waals surface area (Å²) in [6.45, 7) is 4.16. The minimum atomic E-state index is -0.268. The smallest absolute Gasteiger partial charge is 0.261 e. The van der Waals surface area contributed by atoms with E-state index in [-0.39, 0.29) is 5.91 Å². The number of nitrogens with one attached hydrogen (secondary N) is 1. The molecule has 0 spiro atoms. The second-order valence-corrected chi connectivity index (χ2v) is 9.83. The van der Waals surface area contributed by atoms with Crippen molar-refractivity contribution in [3.8, 4) is 6.07 Å². The molecule has 4 aromatic rings. The van der Waals surface area contributed by atoms with Gasteiger partial charge in [0.2, 0.25) is 5.13 Å². The number of carbonyl (C=O) groups excluding carboxylic acids is 1. The summed E-state index contributed by atoms with van der Waals surface area (Å²) in [6.07, 6.45) is 0. The second kappa shape index (κ2) is 10.2. The average molecular weight is 495 g/mol. The van der Waals surface area contributed by atoms with Gasteiger partial charge < -0.3 is 0 Å². The topological polar surface area (TPSA) is 96.5 Å². The average Bonchev–Trinajstić information content (AvgIpc) is 3.37. The zero-order valence-corrected chi connectivity index (χ0v) is 20.3. The Bertz CT molecular complexity index is 1340. The zero-order valence-electron chi connectivity index (χ0n) is 17.9. The van der Waals surface area contributed by atoms with E-state index in [0.717, 1.165) is 21.2 Å². The molecule has 0 radical (unpaired) electrons. The summed E-state index contributed by atoms with van der Waals surface area (Å²) in [6, 6.07) is 17.1. The lowest BCUT2D eigenvalue weighted by atomic mass is 10.2. The van der Waals surface area contributed by atoms with Crippen molar-refractivity contribution in [2.45, 2.75) is 30.5 Å². The summed E-state index contributed by atoms with van der Waals surface area (Å²) in [4.78, 5) is 13.0. The number of thioether (sulfide) groups is 1. The van der Waals surface area contributed by atoms with E-state index >= 15 is 0 Å². The van der Waals surface area contributed by atoms with Crippen LogP contribution < -0.4 is 5.32 Å². The molecule has 0 unspecified atom stereocenters. The van der Waals surface area contributed by atoms with E-state index in [9.17, 15) is 4.79 Å². The maximum absolute atomic E-state index is 13.0. The van der Waals surface area contributed by atoms with E-state index in [0.29, 0.717) is 39.3 Å². The standard InChI is InChI=1S/C23H19ClN6OS2/c1-14-20(15(2)30(29-14)12-18-5-3-4-6-19(18)24)21(31)26-22-27-28-23(33-22)32-13-17-9-7-16(11-25)8-10-17/h3-10H,12-13H2,1-2H3,(H,26,27,31). The SMILES string of the molecule is Cc1nn(Cc2ccccc2Cl)c(C)c1C(=O)Nc1nnc(SCc2ccc(C#N)cc2)s1. The summed E-state index contributed by atoms with van der Waals surface area (Å²) in [7, 11) is 0. The number of nitriles is 1. The highest BCUT2D eigenvalue weighted by Gasteiger charge is 2.20. The third kappa shape index (κ3) is 5.42. The molecule has 0 bridgehead atoms. The first-order valence-electron chi connectivity index (χ1n) is 9.98. The number of hydrogen-bond acceptors (Lipinski definition) is 7. The number of carbonyl (C=O) groups is 1. The molecule has 1 amide bonds. The van der Waals surface area contributed by atoms with Gasteiger partial charge in [-0.05, 0) is 43.2 Å². The predicted octanol–water partition coefficient (Wildman–Crippen LogP) is 5.47. The second-order valence-electron chi connectivity index (χ2n) is 7.22. The number of rotatable bonds is 7. The van der Waals surface area contributed by atoms with Crippen LogP contribution >= 0.6 is 34.7 Å². The minimum Gasteiger partial charge on any atom is -0.296 e. The first-order chi connectivity index (χ1) is 15.9. The van der Waals surface area contributed by atoms with Gasteiger partial charge >= 0.3 is 0 Å². The third-order valence-electron chi connectivity index (χ3n) is 4.96. The van der Waals surface area contributed by atoms with E-state index in [1.807, 2.05) is 50.2 Å². The molecule has 4 rings (SSSR count). The van der Waals surface area contributed by atoms with Crippen LogP contribution in [0.5, 0.6) is 0 Å². The molecule has 0 aliphatic rings. The summed E-state index contributed by atoms with van der Waals surface area (Å²) < 4.78 is 2.53. The fourth-order valence-electron chi connectivity index (χ4n) is 3.27. The Morgan fingerprint density at radius 2 is 1.94 bits per heavy atom. The van der Waals surface area contributed by atoms with Gasteiger partial charge in [0, 0.05) is 16.5 Å². The summed E-state index contributed by atoms with van der Waals surface area (Å²) in [5.74, 6) is 0.427. The first kappa shape index (κ1) is 23.0. The van der Waals surface area contributed by atoms with Crippen molar-refractivity contribution in [2.24, 2.45) is 0 Å². The largest absolute Gasteiger partial charge is 0.296 e. The van der Waals surface area contributed by atoms with Crippen LogP contribution in [-0.2, 0) is 12.3 Å². The molecule has 2 aromatic heterocycles. The van der Waals surface area contributed by atoms with E-state index in [1.165, 1.54) is 23.1 Å². The van der Waals surface area contributed by atoms with Crippen molar-refractivity contribution < 1.29 is 4.79 Å². The molecule has 10 heteroatoms. The number of amides is 1.